The summed E-state index contributed by atoms with van der Waals surface area (Å²) in [7, 11) is 5.70. The van der Waals surface area contributed by atoms with Crippen LogP contribution in [0.2, 0.25) is 0 Å². The Labute approximate surface area is 107 Å². The van der Waals surface area contributed by atoms with Crippen molar-refractivity contribution in [1.82, 2.24) is 9.80 Å². The summed E-state index contributed by atoms with van der Waals surface area (Å²) in [5.74, 6) is -1.24. The molecule has 0 aromatic carbocycles. The number of methoxy groups -OCH3 is 2. The van der Waals surface area contributed by atoms with Crippen molar-refractivity contribution in [3.8, 4) is 0 Å². The summed E-state index contributed by atoms with van der Waals surface area (Å²) >= 11 is 0. The van der Waals surface area contributed by atoms with Crippen molar-refractivity contribution in [2.75, 3.05) is 41.4 Å². The number of ether oxygens (including phenoxy) is 2. The number of rotatable bonds is 6. The van der Waals surface area contributed by atoms with Crippen molar-refractivity contribution in [3.63, 3.8) is 0 Å². The molecule has 0 saturated heterocycles. The molecule has 0 aliphatic heterocycles. The van der Waals surface area contributed by atoms with Gasteiger partial charge in [0.25, 0.3) is 0 Å². The molecule has 0 spiro atoms. The topological polar surface area (TPSA) is 76.1 Å². The molecule has 18 heavy (non-hydrogen) atoms. The van der Waals surface area contributed by atoms with Gasteiger partial charge in [-0.1, -0.05) is 0 Å². The van der Waals surface area contributed by atoms with Gasteiger partial charge in [0.05, 0.1) is 33.4 Å². The minimum atomic E-state index is -0.613. The van der Waals surface area contributed by atoms with Gasteiger partial charge in [-0.05, 0) is 6.92 Å². The number of esters is 2. The van der Waals surface area contributed by atoms with E-state index in [2.05, 4.69) is 9.47 Å². The molecule has 0 radical (unpaired) electrons. The fraction of sp³-hybridized carbons (Fsp3) is 0.727. The first-order valence-corrected chi connectivity index (χ1v) is 5.42. The molecule has 0 bridgehead atoms. The predicted octanol–water partition coefficient (Wildman–Crippen LogP) is -0.889. The molecule has 0 aliphatic carbocycles. The molecular formula is C11H20N2O5. The first-order valence-electron chi connectivity index (χ1n) is 5.42. The van der Waals surface area contributed by atoms with Crippen LogP contribution in [0, 0.1) is 0 Å². The lowest BCUT2D eigenvalue weighted by atomic mass is 10.2. The summed E-state index contributed by atoms with van der Waals surface area (Å²) in [6.07, 6.45) is 0. The normalized spacial score (nSPS) is 11.9. The third-order valence-corrected chi connectivity index (χ3v) is 2.47. The van der Waals surface area contributed by atoms with Crippen LogP contribution in [0.5, 0.6) is 0 Å². The van der Waals surface area contributed by atoms with E-state index in [1.807, 2.05) is 0 Å². The minimum absolute atomic E-state index is 0.146. The van der Waals surface area contributed by atoms with Crippen LogP contribution in [0.25, 0.3) is 0 Å². The van der Waals surface area contributed by atoms with E-state index in [1.165, 1.54) is 24.0 Å². The Kier molecular flexibility index (Phi) is 6.96. The first kappa shape index (κ1) is 16.4. The third-order valence-electron chi connectivity index (χ3n) is 2.47. The van der Waals surface area contributed by atoms with Crippen molar-refractivity contribution in [1.29, 1.82) is 0 Å². The van der Waals surface area contributed by atoms with E-state index in [4.69, 9.17) is 0 Å². The lowest BCUT2D eigenvalue weighted by Gasteiger charge is -2.27. The van der Waals surface area contributed by atoms with E-state index in [0.717, 1.165) is 0 Å². The molecule has 0 aromatic rings. The number of likely N-dealkylation sites (N-methyl/N-ethyl adjacent to an activating group) is 1. The lowest BCUT2D eigenvalue weighted by molar-refractivity contribution is -0.148. The van der Waals surface area contributed by atoms with E-state index in [9.17, 15) is 14.4 Å². The van der Waals surface area contributed by atoms with Gasteiger partial charge < -0.3 is 14.4 Å². The third kappa shape index (κ3) is 5.13. The van der Waals surface area contributed by atoms with E-state index in [1.54, 1.807) is 21.0 Å². The van der Waals surface area contributed by atoms with Gasteiger partial charge in [-0.2, -0.15) is 0 Å². The fourth-order valence-corrected chi connectivity index (χ4v) is 1.32. The van der Waals surface area contributed by atoms with E-state index in [0.29, 0.717) is 0 Å². The Balaban J connectivity index is 4.78. The smallest absolute Gasteiger partial charge is 0.319 e. The monoisotopic (exact) mass is 260 g/mol. The number of nitrogens with zero attached hydrogens (tertiary/aromatic N) is 2. The molecule has 0 aliphatic rings. The van der Waals surface area contributed by atoms with Crippen molar-refractivity contribution >= 4 is 17.8 Å². The van der Waals surface area contributed by atoms with Gasteiger partial charge in [0.15, 0.2) is 0 Å². The van der Waals surface area contributed by atoms with Crippen LogP contribution >= 0.6 is 0 Å². The maximum atomic E-state index is 11.8. The van der Waals surface area contributed by atoms with Gasteiger partial charge in [-0.15, -0.1) is 0 Å². The number of hydrogen-bond acceptors (Lipinski definition) is 6. The average Bonchev–Trinajstić information content (AvgIpc) is 2.35. The van der Waals surface area contributed by atoms with Gasteiger partial charge in [0.1, 0.15) is 0 Å². The maximum absolute atomic E-state index is 11.8. The second-order valence-electron chi connectivity index (χ2n) is 3.97. The molecule has 1 atom stereocenters. The molecule has 0 heterocycles. The minimum Gasteiger partial charge on any atom is -0.468 e. The van der Waals surface area contributed by atoms with Gasteiger partial charge >= 0.3 is 11.9 Å². The number of amides is 1. The maximum Gasteiger partial charge on any atom is 0.319 e. The zero-order valence-electron chi connectivity index (χ0n) is 11.4. The number of carbonyl (C=O) groups excluding carboxylic acids is 3. The Morgan fingerprint density at radius 2 is 1.39 bits per heavy atom. The van der Waals surface area contributed by atoms with Crippen molar-refractivity contribution in [2.45, 2.75) is 13.0 Å². The lowest BCUT2D eigenvalue weighted by Crippen LogP contribution is -2.48. The van der Waals surface area contributed by atoms with Crippen LogP contribution in [0.15, 0.2) is 0 Å². The van der Waals surface area contributed by atoms with Crippen molar-refractivity contribution < 1.29 is 23.9 Å². The van der Waals surface area contributed by atoms with Crippen molar-refractivity contribution in [2.24, 2.45) is 0 Å². The van der Waals surface area contributed by atoms with E-state index < -0.39 is 18.0 Å². The molecule has 104 valence electrons. The van der Waals surface area contributed by atoms with Gasteiger partial charge in [-0.25, -0.2) is 0 Å². The standard InChI is InChI=1S/C11H20N2O5/c1-8(11(16)12(2)3)13(6-9(14)17-4)7-10(15)18-5/h8H,6-7H2,1-5H3. The molecular weight excluding hydrogens is 240 g/mol. The molecule has 0 aromatic heterocycles. The fourth-order valence-electron chi connectivity index (χ4n) is 1.32. The van der Waals surface area contributed by atoms with Crippen molar-refractivity contribution in [3.05, 3.63) is 0 Å². The highest BCUT2D eigenvalue weighted by Gasteiger charge is 2.26. The molecule has 1 amide bonds. The Morgan fingerprint density at radius 3 is 1.67 bits per heavy atom. The Bertz CT molecular complexity index is 299. The SMILES string of the molecule is COC(=O)CN(CC(=O)OC)C(C)C(=O)N(C)C. The molecule has 7 heteroatoms. The predicted molar refractivity (Wildman–Crippen MR) is 63.8 cm³/mol. The highest BCUT2D eigenvalue weighted by atomic mass is 16.5. The summed E-state index contributed by atoms with van der Waals surface area (Å²) in [6, 6.07) is -0.613. The van der Waals surface area contributed by atoms with Crippen LogP contribution in [0.1, 0.15) is 6.92 Å². The van der Waals surface area contributed by atoms with Gasteiger partial charge in [0, 0.05) is 14.1 Å². The quantitative estimate of drug-likeness (QED) is 0.577. The summed E-state index contributed by atoms with van der Waals surface area (Å²) in [5.41, 5.74) is 0. The Hall–Kier alpha value is -1.63. The Morgan fingerprint density at radius 1 is 1.00 bits per heavy atom. The summed E-state index contributed by atoms with van der Waals surface area (Å²) < 4.78 is 9.06. The molecule has 0 saturated carbocycles. The van der Waals surface area contributed by atoms with Crippen LogP contribution in [0.4, 0.5) is 0 Å². The first-order chi connectivity index (χ1) is 8.33. The average molecular weight is 260 g/mol. The van der Waals surface area contributed by atoms with Gasteiger partial charge in [0.2, 0.25) is 5.91 Å². The highest BCUT2D eigenvalue weighted by Crippen LogP contribution is 2.03. The largest absolute Gasteiger partial charge is 0.468 e. The van der Waals surface area contributed by atoms with E-state index in [-0.39, 0.29) is 19.0 Å². The number of hydrogen-bond donors (Lipinski definition) is 0. The molecule has 0 N–H and O–H groups in total. The summed E-state index contributed by atoms with van der Waals surface area (Å²) in [5, 5.41) is 0. The zero-order chi connectivity index (χ0) is 14.3. The molecule has 1 unspecified atom stereocenters. The zero-order valence-corrected chi connectivity index (χ0v) is 11.4. The summed E-state index contributed by atoms with van der Waals surface area (Å²) in [6.45, 7) is 1.33. The second-order valence-corrected chi connectivity index (χ2v) is 3.97. The number of carbonyl (C=O) groups is 3. The van der Waals surface area contributed by atoms with E-state index >= 15 is 0 Å². The molecule has 0 fully saturated rings. The molecule has 7 nitrogen and oxygen atoms in total. The van der Waals surface area contributed by atoms with Crippen LogP contribution < -0.4 is 0 Å². The highest BCUT2D eigenvalue weighted by molar-refractivity contribution is 5.83. The second kappa shape index (κ2) is 7.65. The van der Waals surface area contributed by atoms with Crippen LogP contribution in [-0.4, -0.2) is 75.1 Å². The van der Waals surface area contributed by atoms with Crippen LogP contribution in [-0.2, 0) is 23.9 Å². The van der Waals surface area contributed by atoms with Gasteiger partial charge in [-0.3, -0.25) is 19.3 Å². The van der Waals surface area contributed by atoms with Crippen LogP contribution in [0.3, 0.4) is 0 Å². The molecule has 0 rings (SSSR count). The summed E-state index contributed by atoms with van der Waals surface area (Å²) in [4.78, 5) is 37.1.